The number of carbonyl (C=O) groups is 1. The molecule has 3 aliphatic rings. The second-order valence-electron chi connectivity index (χ2n) is 6.88. The van der Waals surface area contributed by atoms with Crippen LogP contribution in [0.3, 0.4) is 0 Å². The molecular formula is C14H22O2. The molecule has 2 nitrogen and oxygen atoms in total. The third-order valence-corrected chi connectivity index (χ3v) is 5.84. The van der Waals surface area contributed by atoms with Crippen LogP contribution in [0.4, 0.5) is 0 Å². The van der Waals surface area contributed by atoms with Crippen molar-refractivity contribution in [3.05, 3.63) is 0 Å². The van der Waals surface area contributed by atoms with Gasteiger partial charge in [0.05, 0.1) is 0 Å². The fourth-order valence-electron chi connectivity index (χ4n) is 4.80. The summed E-state index contributed by atoms with van der Waals surface area (Å²) in [6, 6.07) is 0. The van der Waals surface area contributed by atoms with E-state index < -0.39 is 5.60 Å². The molecule has 16 heavy (non-hydrogen) atoms. The summed E-state index contributed by atoms with van der Waals surface area (Å²) in [5.41, 5.74) is -0.604. The average molecular weight is 222 g/mol. The Bertz CT molecular complexity index is 347. The number of hydrogen-bond acceptors (Lipinski definition) is 2. The SMILES string of the molecule is C[C@@H]1CCC(=O)[C@]2(O)CC[C@@H]3[C@@H]([C@H]12)C3(C)C. The van der Waals surface area contributed by atoms with Crippen LogP contribution in [0, 0.1) is 29.1 Å². The highest BCUT2D eigenvalue weighted by molar-refractivity contribution is 5.88. The third kappa shape index (κ3) is 1.09. The van der Waals surface area contributed by atoms with Gasteiger partial charge in [0.1, 0.15) is 5.60 Å². The minimum absolute atomic E-state index is 0.122. The van der Waals surface area contributed by atoms with Gasteiger partial charge >= 0.3 is 0 Å². The first-order chi connectivity index (χ1) is 7.39. The Morgan fingerprint density at radius 2 is 1.94 bits per heavy atom. The van der Waals surface area contributed by atoms with Crippen LogP contribution in [0.15, 0.2) is 0 Å². The van der Waals surface area contributed by atoms with E-state index >= 15 is 0 Å². The van der Waals surface area contributed by atoms with Gasteiger partial charge in [0.25, 0.3) is 0 Å². The molecule has 2 heteroatoms. The van der Waals surface area contributed by atoms with Gasteiger partial charge in [-0.1, -0.05) is 20.8 Å². The first kappa shape index (κ1) is 10.8. The highest BCUT2D eigenvalue weighted by atomic mass is 16.3. The van der Waals surface area contributed by atoms with Crippen molar-refractivity contribution in [3.8, 4) is 0 Å². The van der Waals surface area contributed by atoms with Gasteiger partial charge in [0.2, 0.25) is 0 Å². The second-order valence-corrected chi connectivity index (χ2v) is 6.88. The summed E-state index contributed by atoms with van der Waals surface area (Å²) < 4.78 is 0. The normalized spacial score (nSPS) is 54.1. The molecule has 3 rings (SSSR count). The molecule has 0 saturated heterocycles. The Morgan fingerprint density at radius 1 is 1.25 bits per heavy atom. The largest absolute Gasteiger partial charge is 0.382 e. The fourth-order valence-corrected chi connectivity index (χ4v) is 4.80. The number of aliphatic hydroxyl groups is 1. The van der Waals surface area contributed by atoms with E-state index in [-0.39, 0.29) is 11.7 Å². The molecule has 0 unspecified atom stereocenters. The summed E-state index contributed by atoms with van der Waals surface area (Å²) in [6.07, 6.45) is 3.33. The van der Waals surface area contributed by atoms with Gasteiger partial charge in [-0.15, -0.1) is 0 Å². The quantitative estimate of drug-likeness (QED) is 0.683. The Labute approximate surface area is 97.4 Å². The van der Waals surface area contributed by atoms with E-state index in [1.165, 1.54) is 0 Å². The highest BCUT2D eigenvalue weighted by Crippen LogP contribution is 2.71. The van der Waals surface area contributed by atoms with Gasteiger partial charge in [0, 0.05) is 12.3 Å². The van der Waals surface area contributed by atoms with Crippen molar-refractivity contribution in [2.45, 2.75) is 52.1 Å². The van der Waals surface area contributed by atoms with E-state index in [9.17, 15) is 9.90 Å². The predicted molar refractivity (Wildman–Crippen MR) is 61.8 cm³/mol. The van der Waals surface area contributed by atoms with Gasteiger partial charge in [-0.25, -0.2) is 0 Å². The summed E-state index contributed by atoms with van der Waals surface area (Å²) in [4.78, 5) is 12.0. The number of Topliss-reactive ketones (excluding diaryl/α,β-unsaturated/α-hetero) is 1. The van der Waals surface area contributed by atoms with Crippen molar-refractivity contribution in [3.63, 3.8) is 0 Å². The summed E-state index contributed by atoms with van der Waals surface area (Å²) in [5.74, 6) is 2.22. The zero-order valence-corrected chi connectivity index (χ0v) is 10.5. The molecule has 90 valence electrons. The van der Waals surface area contributed by atoms with Gasteiger partial charge in [-0.05, 0) is 42.4 Å². The molecule has 1 N–H and O–H groups in total. The van der Waals surface area contributed by atoms with Crippen LogP contribution in [0.1, 0.15) is 46.5 Å². The monoisotopic (exact) mass is 222 g/mol. The average Bonchev–Trinajstić information content (AvgIpc) is 2.76. The molecule has 0 aliphatic heterocycles. The molecule has 3 aliphatic carbocycles. The smallest absolute Gasteiger partial charge is 0.164 e. The Morgan fingerprint density at radius 3 is 2.62 bits per heavy atom. The maximum atomic E-state index is 12.0. The van der Waals surface area contributed by atoms with E-state index in [0.29, 0.717) is 30.1 Å². The molecule has 5 atom stereocenters. The zero-order valence-electron chi connectivity index (χ0n) is 10.5. The number of fused-ring (bicyclic) bond motifs is 3. The Hall–Kier alpha value is -0.370. The van der Waals surface area contributed by atoms with Crippen molar-refractivity contribution < 1.29 is 9.90 Å². The first-order valence-electron chi connectivity index (χ1n) is 6.64. The maximum Gasteiger partial charge on any atom is 0.164 e. The topological polar surface area (TPSA) is 37.3 Å². The van der Waals surface area contributed by atoms with Crippen LogP contribution in [0.25, 0.3) is 0 Å². The summed E-state index contributed by atoms with van der Waals surface area (Å²) in [6.45, 7) is 6.83. The van der Waals surface area contributed by atoms with Crippen LogP contribution >= 0.6 is 0 Å². The molecule has 0 aromatic heterocycles. The minimum atomic E-state index is -0.966. The molecule has 0 aromatic rings. The fraction of sp³-hybridized carbons (Fsp3) is 0.929. The molecule has 3 fully saturated rings. The molecular weight excluding hydrogens is 200 g/mol. The van der Waals surface area contributed by atoms with E-state index in [1.54, 1.807) is 0 Å². The van der Waals surface area contributed by atoms with E-state index in [0.717, 1.165) is 18.8 Å². The number of carbonyl (C=O) groups excluding carboxylic acids is 1. The maximum absolute atomic E-state index is 12.0. The summed E-state index contributed by atoms with van der Waals surface area (Å²) in [5, 5.41) is 10.7. The molecule has 0 radical (unpaired) electrons. The lowest BCUT2D eigenvalue weighted by Crippen LogP contribution is -2.54. The van der Waals surface area contributed by atoms with Gasteiger partial charge in [0.15, 0.2) is 5.78 Å². The van der Waals surface area contributed by atoms with E-state index in [2.05, 4.69) is 20.8 Å². The molecule has 0 bridgehead atoms. The summed E-state index contributed by atoms with van der Waals surface area (Å²) in [7, 11) is 0. The summed E-state index contributed by atoms with van der Waals surface area (Å²) >= 11 is 0. The van der Waals surface area contributed by atoms with Gasteiger partial charge in [-0.3, -0.25) is 4.79 Å². The first-order valence-corrected chi connectivity index (χ1v) is 6.64. The van der Waals surface area contributed by atoms with Crippen molar-refractivity contribution in [2.75, 3.05) is 0 Å². The van der Waals surface area contributed by atoms with Crippen molar-refractivity contribution in [2.24, 2.45) is 29.1 Å². The molecule has 3 saturated carbocycles. The van der Waals surface area contributed by atoms with Crippen LogP contribution in [-0.4, -0.2) is 16.5 Å². The lowest BCUT2D eigenvalue weighted by Gasteiger charge is -2.45. The van der Waals surface area contributed by atoms with E-state index in [1.807, 2.05) is 0 Å². The molecule has 0 amide bonds. The van der Waals surface area contributed by atoms with Crippen molar-refractivity contribution in [1.82, 2.24) is 0 Å². The highest BCUT2D eigenvalue weighted by Gasteiger charge is 2.70. The minimum Gasteiger partial charge on any atom is -0.382 e. The zero-order chi connectivity index (χ0) is 11.7. The van der Waals surface area contributed by atoms with Crippen LogP contribution in [0.5, 0.6) is 0 Å². The lowest BCUT2D eigenvalue weighted by molar-refractivity contribution is -0.159. The van der Waals surface area contributed by atoms with Crippen molar-refractivity contribution >= 4 is 5.78 Å². The van der Waals surface area contributed by atoms with Crippen LogP contribution < -0.4 is 0 Å². The number of ketones is 1. The van der Waals surface area contributed by atoms with Crippen LogP contribution in [0.2, 0.25) is 0 Å². The van der Waals surface area contributed by atoms with Crippen molar-refractivity contribution in [1.29, 1.82) is 0 Å². The third-order valence-electron chi connectivity index (χ3n) is 5.84. The molecule has 0 spiro atoms. The number of rotatable bonds is 0. The predicted octanol–water partition coefficient (Wildman–Crippen LogP) is 2.40. The Balaban J connectivity index is 1.98. The van der Waals surface area contributed by atoms with E-state index in [4.69, 9.17) is 0 Å². The second kappa shape index (κ2) is 2.90. The number of hydrogen-bond donors (Lipinski definition) is 1. The van der Waals surface area contributed by atoms with Crippen LogP contribution in [-0.2, 0) is 4.79 Å². The molecule has 0 aromatic carbocycles. The van der Waals surface area contributed by atoms with Gasteiger partial charge < -0.3 is 5.11 Å². The lowest BCUT2D eigenvalue weighted by atomic mass is 9.62. The Kier molecular flexibility index (Phi) is 1.95. The standard InChI is InChI=1S/C14H22O2/c1-8-4-5-10(15)14(16)7-6-9-12(11(8)14)13(9,2)3/h8-9,11-12,16H,4-7H2,1-3H3/t8-,9-,11+,12+,14-/m1/s1. The van der Waals surface area contributed by atoms with Gasteiger partial charge in [-0.2, -0.15) is 0 Å². The molecule has 0 heterocycles.